The van der Waals surface area contributed by atoms with Crippen LogP contribution in [0.1, 0.15) is 16.7 Å². The number of hydrogen-bond acceptors (Lipinski definition) is 3. The Bertz CT molecular complexity index is 553. The molecule has 84 valence electrons. The molecule has 0 radical (unpaired) electrons. The second-order valence-electron chi connectivity index (χ2n) is 3.92. The summed E-state index contributed by atoms with van der Waals surface area (Å²) in [5.74, 6) is -0.684. The second-order valence-corrected chi connectivity index (χ2v) is 3.92. The smallest absolute Gasteiger partial charge is 0.258 e. The van der Waals surface area contributed by atoms with E-state index in [0.29, 0.717) is 11.3 Å². The number of imide groups is 1. The minimum absolute atomic E-state index is 0.342. The molecule has 0 aromatic heterocycles. The Labute approximate surface area is 98.8 Å². The predicted octanol–water partition coefficient (Wildman–Crippen LogP) is 1.60. The first-order valence-electron chi connectivity index (χ1n) is 5.12. The van der Waals surface area contributed by atoms with Gasteiger partial charge in [-0.05, 0) is 37.1 Å². The first-order chi connectivity index (χ1) is 8.04. The molecule has 1 aliphatic rings. The van der Waals surface area contributed by atoms with Crippen molar-refractivity contribution < 1.29 is 9.59 Å². The monoisotopic (exact) mass is 226 g/mol. The van der Waals surface area contributed by atoms with E-state index in [0.717, 1.165) is 16.0 Å². The van der Waals surface area contributed by atoms with Crippen molar-refractivity contribution in [2.24, 2.45) is 0 Å². The van der Waals surface area contributed by atoms with Gasteiger partial charge in [-0.15, -0.1) is 0 Å². The van der Waals surface area contributed by atoms with Crippen LogP contribution in [0.4, 0.5) is 5.69 Å². The molecule has 0 aliphatic carbocycles. The number of nitrogens with zero attached hydrogens (tertiary/aromatic N) is 2. The van der Waals surface area contributed by atoms with E-state index in [9.17, 15) is 9.59 Å². The number of rotatable bonds is 1. The molecule has 2 amide bonds. The summed E-state index contributed by atoms with van der Waals surface area (Å²) in [5, 5.41) is 8.84. The number of amides is 2. The third kappa shape index (κ3) is 1.72. The molecule has 0 unspecified atom stereocenters. The van der Waals surface area contributed by atoms with E-state index in [1.54, 1.807) is 26.0 Å². The summed E-state index contributed by atoms with van der Waals surface area (Å²) in [7, 11) is 0. The minimum Gasteiger partial charge on any atom is -0.269 e. The van der Waals surface area contributed by atoms with Gasteiger partial charge in [0.2, 0.25) is 0 Å². The van der Waals surface area contributed by atoms with Crippen LogP contribution in [-0.4, -0.2) is 11.8 Å². The normalized spacial score (nSPS) is 14.3. The number of hydrogen-bond donors (Lipinski definition) is 0. The molecule has 4 nitrogen and oxygen atoms in total. The van der Waals surface area contributed by atoms with Gasteiger partial charge < -0.3 is 0 Å². The molecule has 0 bridgehead atoms. The Kier molecular flexibility index (Phi) is 2.52. The zero-order valence-corrected chi connectivity index (χ0v) is 9.52. The minimum atomic E-state index is -0.342. The van der Waals surface area contributed by atoms with Gasteiger partial charge in [0.15, 0.2) is 0 Å². The Morgan fingerprint density at radius 3 is 1.94 bits per heavy atom. The number of carbonyl (C=O) groups excluding carboxylic acids is 2. The molecule has 0 saturated heterocycles. The van der Waals surface area contributed by atoms with Crippen molar-refractivity contribution in [2.45, 2.75) is 13.8 Å². The molecule has 1 heterocycles. The van der Waals surface area contributed by atoms with Gasteiger partial charge in [-0.3, -0.25) is 9.59 Å². The molecule has 17 heavy (non-hydrogen) atoms. The third-order valence-corrected chi connectivity index (χ3v) is 2.65. The Balaban J connectivity index is 2.58. The van der Waals surface area contributed by atoms with Crippen molar-refractivity contribution >= 4 is 17.5 Å². The van der Waals surface area contributed by atoms with E-state index >= 15 is 0 Å². The van der Waals surface area contributed by atoms with E-state index in [1.165, 1.54) is 12.2 Å². The molecule has 0 atom stereocenters. The quantitative estimate of drug-likeness (QED) is 0.683. The predicted molar refractivity (Wildman–Crippen MR) is 62.3 cm³/mol. The Hall–Kier alpha value is -2.41. The van der Waals surface area contributed by atoms with Gasteiger partial charge in [0.25, 0.3) is 11.8 Å². The first-order valence-corrected chi connectivity index (χ1v) is 5.12. The highest BCUT2D eigenvalue weighted by molar-refractivity contribution is 6.28. The summed E-state index contributed by atoms with van der Waals surface area (Å²) < 4.78 is 0. The SMILES string of the molecule is Cc1cc(C#N)cc(C)c1N1C(=O)C=CC1=O. The number of anilines is 1. The van der Waals surface area contributed by atoms with Crippen molar-refractivity contribution in [2.75, 3.05) is 4.90 Å². The van der Waals surface area contributed by atoms with Crippen LogP contribution >= 0.6 is 0 Å². The molecule has 1 aromatic rings. The van der Waals surface area contributed by atoms with Crippen molar-refractivity contribution in [1.82, 2.24) is 0 Å². The lowest BCUT2D eigenvalue weighted by Gasteiger charge is -2.19. The van der Waals surface area contributed by atoms with Gasteiger partial charge in [-0.1, -0.05) is 0 Å². The van der Waals surface area contributed by atoms with Gasteiger partial charge in [-0.2, -0.15) is 5.26 Å². The van der Waals surface area contributed by atoms with Crippen molar-refractivity contribution in [1.29, 1.82) is 5.26 Å². The van der Waals surface area contributed by atoms with Gasteiger partial charge in [-0.25, -0.2) is 4.90 Å². The number of benzene rings is 1. The Morgan fingerprint density at radius 2 is 1.53 bits per heavy atom. The van der Waals surface area contributed by atoms with E-state index in [4.69, 9.17) is 5.26 Å². The van der Waals surface area contributed by atoms with Crippen LogP contribution in [0.5, 0.6) is 0 Å². The van der Waals surface area contributed by atoms with Crippen LogP contribution in [0, 0.1) is 25.2 Å². The summed E-state index contributed by atoms with van der Waals surface area (Å²) in [5.41, 5.74) is 2.58. The maximum Gasteiger partial charge on any atom is 0.258 e. The average Bonchev–Trinajstić information content (AvgIpc) is 2.59. The van der Waals surface area contributed by atoms with Gasteiger partial charge in [0.05, 0.1) is 17.3 Å². The second kappa shape index (κ2) is 3.87. The largest absolute Gasteiger partial charge is 0.269 e. The summed E-state index contributed by atoms with van der Waals surface area (Å²) in [4.78, 5) is 24.3. The third-order valence-electron chi connectivity index (χ3n) is 2.65. The molecule has 0 N–H and O–H groups in total. The molecule has 0 spiro atoms. The van der Waals surface area contributed by atoms with Crippen molar-refractivity contribution in [3.8, 4) is 6.07 Å². The maximum atomic E-state index is 11.6. The summed E-state index contributed by atoms with van der Waals surface area (Å²) in [6.07, 6.45) is 2.50. The highest BCUT2D eigenvalue weighted by atomic mass is 16.2. The summed E-state index contributed by atoms with van der Waals surface area (Å²) in [6.45, 7) is 3.56. The molecule has 0 fully saturated rings. The van der Waals surface area contributed by atoms with E-state index in [2.05, 4.69) is 0 Å². The fourth-order valence-corrected chi connectivity index (χ4v) is 1.99. The Morgan fingerprint density at radius 1 is 1.06 bits per heavy atom. The molecular formula is C13H10N2O2. The van der Waals surface area contributed by atoms with Crippen LogP contribution in [0.15, 0.2) is 24.3 Å². The van der Waals surface area contributed by atoms with Gasteiger partial charge >= 0.3 is 0 Å². The maximum absolute atomic E-state index is 11.6. The van der Waals surface area contributed by atoms with Crippen LogP contribution < -0.4 is 4.90 Å². The first kappa shape index (κ1) is 11.1. The number of aryl methyl sites for hydroxylation is 2. The lowest BCUT2D eigenvalue weighted by molar-refractivity contribution is -0.120. The lowest BCUT2D eigenvalue weighted by atomic mass is 10.0. The zero-order chi connectivity index (χ0) is 12.6. The molecule has 1 aliphatic heterocycles. The van der Waals surface area contributed by atoms with Crippen LogP contribution in [-0.2, 0) is 9.59 Å². The fraction of sp³-hybridized carbons (Fsp3) is 0.154. The van der Waals surface area contributed by atoms with E-state index in [-0.39, 0.29) is 11.8 Å². The molecule has 4 heteroatoms. The molecule has 2 rings (SSSR count). The highest BCUT2D eigenvalue weighted by Crippen LogP contribution is 2.28. The van der Waals surface area contributed by atoms with Gasteiger partial charge in [0.1, 0.15) is 0 Å². The zero-order valence-electron chi connectivity index (χ0n) is 9.52. The molecular weight excluding hydrogens is 216 g/mol. The van der Waals surface area contributed by atoms with Crippen molar-refractivity contribution in [3.05, 3.63) is 41.0 Å². The van der Waals surface area contributed by atoms with E-state index < -0.39 is 0 Å². The highest BCUT2D eigenvalue weighted by Gasteiger charge is 2.27. The topological polar surface area (TPSA) is 61.2 Å². The van der Waals surface area contributed by atoms with Crippen LogP contribution in [0.25, 0.3) is 0 Å². The summed E-state index contributed by atoms with van der Waals surface area (Å²) in [6, 6.07) is 5.38. The van der Waals surface area contributed by atoms with Crippen LogP contribution in [0.2, 0.25) is 0 Å². The average molecular weight is 226 g/mol. The standard InChI is InChI=1S/C13H10N2O2/c1-8-5-10(7-14)6-9(2)13(8)15-11(16)3-4-12(15)17/h3-6H,1-2H3. The molecule has 0 saturated carbocycles. The molecule has 1 aromatic carbocycles. The number of carbonyl (C=O) groups is 2. The number of nitriles is 1. The van der Waals surface area contributed by atoms with Gasteiger partial charge in [0, 0.05) is 12.2 Å². The lowest BCUT2D eigenvalue weighted by Crippen LogP contribution is -2.31. The van der Waals surface area contributed by atoms with E-state index in [1.807, 2.05) is 6.07 Å². The summed E-state index contributed by atoms with van der Waals surface area (Å²) >= 11 is 0. The van der Waals surface area contributed by atoms with Crippen LogP contribution in [0.3, 0.4) is 0 Å². The fourth-order valence-electron chi connectivity index (χ4n) is 1.99. The van der Waals surface area contributed by atoms with Crippen molar-refractivity contribution in [3.63, 3.8) is 0 Å².